The van der Waals surface area contributed by atoms with E-state index in [-0.39, 0.29) is 17.2 Å². The Morgan fingerprint density at radius 2 is 1.76 bits per heavy atom. The molecule has 1 heterocycles. The number of hydrogen-bond donors (Lipinski definition) is 1. The third-order valence-corrected chi connectivity index (χ3v) is 5.11. The SMILES string of the molecule is CC(Sc1ccc(Cl)cc1)C(=O)NC(c1ccccc1)c1ccco1. The van der Waals surface area contributed by atoms with Gasteiger partial charge in [0.05, 0.1) is 11.5 Å². The zero-order chi connectivity index (χ0) is 17.6. The van der Waals surface area contributed by atoms with Gasteiger partial charge in [-0.2, -0.15) is 0 Å². The Morgan fingerprint density at radius 1 is 1.04 bits per heavy atom. The van der Waals surface area contributed by atoms with Gasteiger partial charge in [-0.1, -0.05) is 41.9 Å². The van der Waals surface area contributed by atoms with Crippen molar-refractivity contribution in [3.63, 3.8) is 0 Å². The summed E-state index contributed by atoms with van der Waals surface area (Å²) < 4.78 is 5.53. The zero-order valence-electron chi connectivity index (χ0n) is 13.7. The molecule has 3 aromatic rings. The van der Waals surface area contributed by atoms with Crippen LogP contribution in [0.1, 0.15) is 24.3 Å². The first-order valence-corrected chi connectivity index (χ1v) is 9.20. The number of carbonyl (C=O) groups is 1. The van der Waals surface area contributed by atoms with Crippen LogP contribution in [0.2, 0.25) is 5.02 Å². The molecular weight excluding hydrogens is 354 g/mol. The highest BCUT2D eigenvalue weighted by atomic mass is 35.5. The lowest BCUT2D eigenvalue weighted by atomic mass is 10.0. The summed E-state index contributed by atoms with van der Waals surface area (Å²) in [7, 11) is 0. The Labute approximate surface area is 156 Å². The lowest BCUT2D eigenvalue weighted by molar-refractivity contribution is -0.120. The van der Waals surface area contributed by atoms with Gasteiger partial charge < -0.3 is 9.73 Å². The van der Waals surface area contributed by atoms with E-state index >= 15 is 0 Å². The number of furan rings is 1. The Balaban J connectivity index is 1.73. The molecule has 0 bridgehead atoms. The molecule has 5 heteroatoms. The zero-order valence-corrected chi connectivity index (χ0v) is 15.3. The molecule has 2 unspecified atom stereocenters. The highest BCUT2D eigenvalue weighted by molar-refractivity contribution is 8.00. The van der Waals surface area contributed by atoms with Gasteiger partial charge in [0.2, 0.25) is 5.91 Å². The van der Waals surface area contributed by atoms with E-state index in [9.17, 15) is 4.79 Å². The Hall–Kier alpha value is -2.17. The van der Waals surface area contributed by atoms with Gasteiger partial charge in [0, 0.05) is 9.92 Å². The van der Waals surface area contributed by atoms with Gasteiger partial charge in [-0.3, -0.25) is 4.79 Å². The van der Waals surface area contributed by atoms with Gasteiger partial charge in [-0.15, -0.1) is 11.8 Å². The van der Waals surface area contributed by atoms with Crippen molar-refractivity contribution in [1.29, 1.82) is 0 Å². The summed E-state index contributed by atoms with van der Waals surface area (Å²) in [5.74, 6) is 0.661. The van der Waals surface area contributed by atoms with E-state index < -0.39 is 0 Å². The lowest BCUT2D eigenvalue weighted by Gasteiger charge is -2.20. The van der Waals surface area contributed by atoms with Crippen molar-refractivity contribution in [2.75, 3.05) is 0 Å². The van der Waals surface area contributed by atoms with Crippen molar-refractivity contribution >= 4 is 29.3 Å². The molecule has 1 N–H and O–H groups in total. The predicted octanol–water partition coefficient (Wildman–Crippen LogP) is 5.32. The summed E-state index contributed by atoms with van der Waals surface area (Å²) in [6.45, 7) is 1.89. The first-order valence-electron chi connectivity index (χ1n) is 7.94. The minimum absolute atomic E-state index is 0.0507. The molecule has 2 aromatic carbocycles. The standard InChI is InChI=1S/C20H18ClNO2S/c1-14(25-17-11-9-16(21)10-12-17)20(23)22-19(18-8-5-13-24-18)15-6-3-2-4-7-15/h2-14,19H,1H3,(H,22,23). The number of carbonyl (C=O) groups excluding carboxylic acids is 1. The molecular formula is C20H18ClNO2S. The maximum Gasteiger partial charge on any atom is 0.234 e. The van der Waals surface area contributed by atoms with Crippen LogP contribution >= 0.6 is 23.4 Å². The summed E-state index contributed by atoms with van der Waals surface area (Å²) in [6, 6.07) is 20.7. The number of amides is 1. The van der Waals surface area contributed by atoms with Crippen LogP contribution in [-0.4, -0.2) is 11.2 Å². The summed E-state index contributed by atoms with van der Waals surface area (Å²) in [5, 5.41) is 3.52. The predicted molar refractivity (Wildman–Crippen MR) is 102 cm³/mol. The number of hydrogen-bond acceptors (Lipinski definition) is 3. The molecule has 0 radical (unpaired) electrons. The Kier molecular flexibility index (Phi) is 5.84. The van der Waals surface area contributed by atoms with Crippen LogP contribution in [0.3, 0.4) is 0 Å². The molecule has 3 rings (SSSR count). The van der Waals surface area contributed by atoms with Crippen LogP contribution < -0.4 is 5.32 Å². The molecule has 25 heavy (non-hydrogen) atoms. The molecule has 1 aromatic heterocycles. The van der Waals surface area contributed by atoms with E-state index in [0.717, 1.165) is 10.5 Å². The van der Waals surface area contributed by atoms with E-state index in [2.05, 4.69) is 5.32 Å². The third kappa shape index (κ3) is 4.68. The quantitative estimate of drug-likeness (QED) is 0.596. The fraction of sp³-hybridized carbons (Fsp3) is 0.150. The molecule has 0 fully saturated rings. The van der Waals surface area contributed by atoms with Crippen LogP contribution in [0, 0.1) is 0 Å². The Bertz CT molecular complexity index is 803. The molecule has 128 valence electrons. The largest absolute Gasteiger partial charge is 0.467 e. The Morgan fingerprint density at radius 3 is 2.40 bits per heavy atom. The van der Waals surface area contributed by atoms with E-state index in [4.69, 9.17) is 16.0 Å². The maximum atomic E-state index is 12.7. The van der Waals surface area contributed by atoms with Gasteiger partial charge in [0.1, 0.15) is 11.8 Å². The fourth-order valence-electron chi connectivity index (χ4n) is 2.45. The summed E-state index contributed by atoms with van der Waals surface area (Å²) in [6.07, 6.45) is 1.61. The first kappa shape index (κ1) is 17.6. The summed E-state index contributed by atoms with van der Waals surface area (Å²) >= 11 is 7.40. The molecule has 0 aliphatic carbocycles. The molecule has 0 spiro atoms. The third-order valence-electron chi connectivity index (χ3n) is 3.74. The minimum atomic E-state index is -0.308. The number of nitrogens with one attached hydrogen (secondary N) is 1. The van der Waals surface area contributed by atoms with Crippen molar-refractivity contribution in [3.05, 3.63) is 89.3 Å². The van der Waals surface area contributed by atoms with Crippen LogP contribution in [0.15, 0.2) is 82.3 Å². The molecule has 1 amide bonds. The van der Waals surface area contributed by atoms with Crippen molar-refractivity contribution < 1.29 is 9.21 Å². The number of halogens is 1. The average molecular weight is 372 g/mol. The second-order valence-electron chi connectivity index (χ2n) is 5.58. The van der Waals surface area contributed by atoms with Gasteiger partial charge >= 0.3 is 0 Å². The molecule has 2 atom stereocenters. The molecule has 0 aliphatic heterocycles. The first-order chi connectivity index (χ1) is 12.1. The van der Waals surface area contributed by atoms with Gasteiger partial charge in [-0.05, 0) is 48.9 Å². The van der Waals surface area contributed by atoms with Crippen molar-refractivity contribution in [2.24, 2.45) is 0 Å². The van der Waals surface area contributed by atoms with E-state index in [0.29, 0.717) is 10.8 Å². The van der Waals surface area contributed by atoms with Gasteiger partial charge in [0.25, 0.3) is 0 Å². The van der Waals surface area contributed by atoms with Crippen LogP contribution in [0.5, 0.6) is 0 Å². The highest BCUT2D eigenvalue weighted by Gasteiger charge is 2.22. The molecule has 0 saturated carbocycles. The van der Waals surface area contributed by atoms with Crippen molar-refractivity contribution in [3.8, 4) is 0 Å². The molecule has 0 saturated heterocycles. The van der Waals surface area contributed by atoms with Crippen LogP contribution in [-0.2, 0) is 4.79 Å². The van der Waals surface area contributed by atoms with E-state index in [1.165, 1.54) is 11.8 Å². The maximum absolute atomic E-state index is 12.7. The lowest BCUT2D eigenvalue weighted by Crippen LogP contribution is -2.34. The van der Waals surface area contributed by atoms with Crippen LogP contribution in [0.4, 0.5) is 0 Å². The van der Waals surface area contributed by atoms with Crippen molar-refractivity contribution in [2.45, 2.75) is 23.1 Å². The monoisotopic (exact) mass is 371 g/mol. The molecule has 3 nitrogen and oxygen atoms in total. The highest BCUT2D eigenvalue weighted by Crippen LogP contribution is 2.27. The van der Waals surface area contributed by atoms with Crippen LogP contribution in [0.25, 0.3) is 0 Å². The summed E-state index contributed by atoms with van der Waals surface area (Å²) in [4.78, 5) is 13.7. The van der Waals surface area contributed by atoms with E-state index in [1.54, 1.807) is 6.26 Å². The minimum Gasteiger partial charge on any atom is -0.467 e. The fourth-order valence-corrected chi connectivity index (χ4v) is 3.45. The number of thioether (sulfide) groups is 1. The van der Waals surface area contributed by atoms with Crippen molar-refractivity contribution in [1.82, 2.24) is 5.32 Å². The smallest absolute Gasteiger partial charge is 0.234 e. The number of benzene rings is 2. The normalized spacial score (nSPS) is 13.2. The average Bonchev–Trinajstić information content (AvgIpc) is 3.16. The second-order valence-corrected chi connectivity index (χ2v) is 7.43. The second kappa shape index (κ2) is 8.28. The molecule has 0 aliphatic rings. The van der Waals surface area contributed by atoms with Gasteiger partial charge in [-0.25, -0.2) is 0 Å². The summed E-state index contributed by atoms with van der Waals surface area (Å²) in [5.41, 5.74) is 0.981. The topological polar surface area (TPSA) is 42.2 Å². The van der Waals surface area contributed by atoms with E-state index in [1.807, 2.05) is 73.7 Å². The van der Waals surface area contributed by atoms with Gasteiger partial charge in [0.15, 0.2) is 0 Å². The number of rotatable bonds is 6.